The summed E-state index contributed by atoms with van der Waals surface area (Å²) in [4.78, 5) is 2.45. The molecule has 2 heteroatoms. The van der Waals surface area contributed by atoms with Crippen molar-refractivity contribution in [3.8, 4) is 0 Å². The molecule has 2 N–H and O–H groups in total. The highest BCUT2D eigenvalue weighted by Gasteiger charge is 2.26. The van der Waals surface area contributed by atoms with Gasteiger partial charge in [0.15, 0.2) is 0 Å². The third-order valence-corrected chi connectivity index (χ3v) is 4.25. The van der Waals surface area contributed by atoms with Crippen LogP contribution in [0.25, 0.3) is 0 Å². The van der Waals surface area contributed by atoms with Crippen LogP contribution in [0.1, 0.15) is 38.7 Å². The van der Waals surface area contributed by atoms with Crippen LogP contribution >= 0.6 is 0 Å². The lowest BCUT2D eigenvalue weighted by molar-refractivity contribution is 0.264. The van der Waals surface area contributed by atoms with Gasteiger partial charge in [0.25, 0.3) is 0 Å². The second-order valence-electron chi connectivity index (χ2n) is 6.06. The third kappa shape index (κ3) is 3.05. The van der Waals surface area contributed by atoms with Crippen LogP contribution in [0.15, 0.2) is 24.3 Å². The first-order chi connectivity index (χ1) is 8.60. The summed E-state index contributed by atoms with van der Waals surface area (Å²) in [7, 11) is 2.23. The minimum atomic E-state index is 0.624. The highest BCUT2D eigenvalue weighted by atomic mass is 15.1. The van der Waals surface area contributed by atoms with Crippen LogP contribution in [0, 0.1) is 11.8 Å². The number of anilines is 1. The lowest BCUT2D eigenvalue weighted by Gasteiger charge is -2.38. The van der Waals surface area contributed by atoms with Gasteiger partial charge in [0.05, 0.1) is 0 Å². The molecular formula is C16H26N2. The molecule has 2 rings (SSSR count). The van der Waals surface area contributed by atoms with Crippen LogP contribution < -0.4 is 10.6 Å². The molecule has 0 aromatic heterocycles. The van der Waals surface area contributed by atoms with E-state index in [1.165, 1.54) is 30.5 Å². The van der Waals surface area contributed by atoms with E-state index in [-0.39, 0.29) is 0 Å². The van der Waals surface area contributed by atoms with Gasteiger partial charge >= 0.3 is 0 Å². The zero-order valence-electron chi connectivity index (χ0n) is 11.9. The Morgan fingerprint density at radius 2 is 1.83 bits per heavy atom. The summed E-state index contributed by atoms with van der Waals surface area (Å²) in [5.41, 5.74) is 8.25. The maximum absolute atomic E-state index is 5.72. The number of benzene rings is 1. The predicted molar refractivity (Wildman–Crippen MR) is 78.7 cm³/mol. The van der Waals surface area contributed by atoms with Gasteiger partial charge in [-0.2, -0.15) is 0 Å². The molecule has 1 aliphatic rings. The normalized spacial score (nSPS) is 28.1. The molecule has 0 spiro atoms. The predicted octanol–water partition coefficient (Wildman–Crippen LogP) is 3.41. The molecule has 1 fully saturated rings. The zero-order valence-corrected chi connectivity index (χ0v) is 11.9. The van der Waals surface area contributed by atoms with Gasteiger partial charge in [-0.3, -0.25) is 0 Å². The van der Waals surface area contributed by atoms with Crippen molar-refractivity contribution in [1.82, 2.24) is 0 Å². The van der Waals surface area contributed by atoms with E-state index in [0.717, 1.165) is 11.8 Å². The van der Waals surface area contributed by atoms with Crippen molar-refractivity contribution >= 4 is 5.69 Å². The summed E-state index contributed by atoms with van der Waals surface area (Å²) in [6.07, 6.45) is 4.01. The Bertz CT molecular complexity index is 378. The summed E-state index contributed by atoms with van der Waals surface area (Å²) in [5, 5.41) is 0. The van der Waals surface area contributed by atoms with E-state index < -0.39 is 0 Å². The van der Waals surface area contributed by atoms with Gasteiger partial charge in [-0.15, -0.1) is 0 Å². The highest BCUT2D eigenvalue weighted by Crippen LogP contribution is 2.33. The summed E-state index contributed by atoms with van der Waals surface area (Å²) in [6.45, 7) is 5.39. The Hall–Kier alpha value is -1.02. The topological polar surface area (TPSA) is 29.3 Å². The van der Waals surface area contributed by atoms with Gasteiger partial charge in [-0.05, 0) is 48.8 Å². The van der Waals surface area contributed by atoms with Crippen molar-refractivity contribution in [2.24, 2.45) is 17.6 Å². The monoisotopic (exact) mass is 246 g/mol. The molecule has 0 radical (unpaired) electrons. The van der Waals surface area contributed by atoms with Crippen LogP contribution in [0.3, 0.4) is 0 Å². The first-order valence-corrected chi connectivity index (χ1v) is 7.12. The van der Waals surface area contributed by atoms with Crippen molar-refractivity contribution in [1.29, 1.82) is 0 Å². The fourth-order valence-electron chi connectivity index (χ4n) is 3.33. The van der Waals surface area contributed by atoms with E-state index in [2.05, 4.69) is 50.1 Å². The molecule has 0 heterocycles. The Morgan fingerprint density at radius 3 is 2.44 bits per heavy atom. The molecule has 0 bridgehead atoms. The molecule has 2 nitrogen and oxygen atoms in total. The largest absolute Gasteiger partial charge is 0.372 e. The molecule has 0 saturated heterocycles. The zero-order chi connectivity index (χ0) is 13.1. The van der Waals surface area contributed by atoms with E-state index in [1.54, 1.807) is 0 Å². The highest BCUT2D eigenvalue weighted by molar-refractivity contribution is 5.49. The maximum atomic E-state index is 5.72. The molecule has 100 valence electrons. The third-order valence-electron chi connectivity index (χ3n) is 4.25. The van der Waals surface area contributed by atoms with Crippen molar-refractivity contribution in [3.05, 3.63) is 29.8 Å². The molecule has 1 saturated carbocycles. The Kier molecular flexibility index (Phi) is 4.28. The fraction of sp³-hybridized carbons (Fsp3) is 0.625. The van der Waals surface area contributed by atoms with Crippen LogP contribution in [0.2, 0.25) is 0 Å². The first kappa shape index (κ1) is 13.4. The smallest absolute Gasteiger partial charge is 0.0369 e. The van der Waals surface area contributed by atoms with Crippen molar-refractivity contribution in [2.75, 3.05) is 11.9 Å². The molecule has 2 atom stereocenters. The molecule has 2 unspecified atom stereocenters. The average Bonchev–Trinajstić information content (AvgIpc) is 2.37. The van der Waals surface area contributed by atoms with E-state index >= 15 is 0 Å². The van der Waals surface area contributed by atoms with Gasteiger partial charge in [0, 0.05) is 25.3 Å². The second-order valence-corrected chi connectivity index (χ2v) is 6.06. The van der Waals surface area contributed by atoms with Gasteiger partial charge in [0.1, 0.15) is 0 Å². The van der Waals surface area contributed by atoms with Gasteiger partial charge < -0.3 is 10.6 Å². The van der Waals surface area contributed by atoms with Gasteiger partial charge in [0.2, 0.25) is 0 Å². The van der Waals surface area contributed by atoms with E-state index in [1.807, 2.05) is 0 Å². The quantitative estimate of drug-likeness (QED) is 0.885. The molecule has 1 aromatic rings. The van der Waals surface area contributed by atoms with Crippen LogP contribution in [0.5, 0.6) is 0 Å². The Morgan fingerprint density at radius 1 is 1.17 bits per heavy atom. The summed E-state index contributed by atoms with van der Waals surface area (Å²) in [5.74, 6) is 1.69. The van der Waals surface area contributed by atoms with E-state index in [9.17, 15) is 0 Å². The van der Waals surface area contributed by atoms with Crippen LogP contribution in [0.4, 0.5) is 5.69 Å². The number of nitrogens with zero attached hydrogens (tertiary/aromatic N) is 1. The molecule has 1 aliphatic carbocycles. The van der Waals surface area contributed by atoms with Crippen molar-refractivity contribution in [2.45, 2.75) is 45.7 Å². The van der Waals surface area contributed by atoms with Gasteiger partial charge in [-0.1, -0.05) is 26.0 Å². The Labute approximate surface area is 111 Å². The van der Waals surface area contributed by atoms with Crippen molar-refractivity contribution < 1.29 is 0 Å². The van der Waals surface area contributed by atoms with E-state index in [4.69, 9.17) is 5.73 Å². The summed E-state index contributed by atoms with van der Waals surface area (Å²) < 4.78 is 0. The Balaban J connectivity index is 2.11. The minimum Gasteiger partial charge on any atom is -0.372 e. The second kappa shape index (κ2) is 5.75. The lowest BCUT2D eigenvalue weighted by Crippen LogP contribution is -2.38. The van der Waals surface area contributed by atoms with Crippen LogP contribution in [-0.4, -0.2) is 13.1 Å². The SMILES string of the molecule is CC1CC(C)CC(N(C)c2cccc(CN)c2)C1. The fourth-order valence-corrected chi connectivity index (χ4v) is 3.33. The van der Waals surface area contributed by atoms with Gasteiger partial charge in [-0.25, -0.2) is 0 Å². The summed E-state index contributed by atoms with van der Waals surface area (Å²) >= 11 is 0. The van der Waals surface area contributed by atoms with Crippen LogP contribution in [-0.2, 0) is 6.54 Å². The number of hydrogen-bond donors (Lipinski definition) is 1. The first-order valence-electron chi connectivity index (χ1n) is 7.12. The molecule has 0 aliphatic heterocycles. The van der Waals surface area contributed by atoms with Crippen molar-refractivity contribution in [3.63, 3.8) is 0 Å². The molecule has 0 amide bonds. The maximum Gasteiger partial charge on any atom is 0.0369 e. The summed E-state index contributed by atoms with van der Waals surface area (Å²) in [6, 6.07) is 9.32. The molecule has 1 aromatic carbocycles. The molecular weight excluding hydrogens is 220 g/mol. The van der Waals surface area contributed by atoms with E-state index in [0.29, 0.717) is 12.6 Å². The lowest BCUT2D eigenvalue weighted by atomic mass is 9.80. The number of rotatable bonds is 3. The molecule has 18 heavy (non-hydrogen) atoms. The standard InChI is InChI=1S/C16H26N2/c1-12-7-13(2)9-16(8-12)18(3)15-6-4-5-14(10-15)11-17/h4-6,10,12-13,16H,7-9,11,17H2,1-3H3. The number of nitrogens with two attached hydrogens (primary N) is 1. The minimum absolute atomic E-state index is 0.624. The number of hydrogen-bond acceptors (Lipinski definition) is 2. The average molecular weight is 246 g/mol.